The van der Waals surface area contributed by atoms with Gasteiger partial charge in [0.25, 0.3) is 5.91 Å². The van der Waals surface area contributed by atoms with Gasteiger partial charge in [0.1, 0.15) is 17.7 Å². The van der Waals surface area contributed by atoms with Crippen LogP contribution in [0.5, 0.6) is 0 Å². The van der Waals surface area contributed by atoms with Crippen LogP contribution in [0.15, 0.2) is 0 Å². The van der Waals surface area contributed by atoms with Gasteiger partial charge in [-0.25, -0.2) is 4.79 Å². The molecule has 0 fully saturated rings. The quantitative estimate of drug-likeness (QED) is 0.836. The molecule has 1 aliphatic rings. The molecule has 22 heavy (non-hydrogen) atoms. The number of anilines is 1. The van der Waals surface area contributed by atoms with Crippen molar-refractivity contribution in [2.45, 2.75) is 26.2 Å². The minimum Gasteiger partial charge on any atom is -0.454 e. The average molecular weight is 322 g/mol. The van der Waals surface area contributed by atoms with Crippen molar-refractivity contribution in [3.8, 4) is 6.07 Å². The summed E-state index contributed by atoms with van der Waals surface area (Å²) in [7, 11) is 1.37. The van der Waals surface area contributed by atoms with Crippen LogP contribution in [-0.4, -0.2) is 32.2 Å². The third-order valence-electron chi connectivity index (χ3n) is 3.50. The summed E-state index contributed by atoms with van der Waals surface area (Å²) in [6.07, 6.45) is 2.86. The van der Waals surface area contributed by atoms with Crippen LogP contribution in [-0.2, 0) is 31.9 Å². The van der Waals surface area contributed by atoms with E-state index in [1.165, 1.54) is 23.3 Å². The first-order valence-electron chi connectivity index (χ1n) is 7.04. The number of methoxy groups -OCH3 is 1. The monoisotopic (exact) mass is 322 g/mol. The standard InChI is InChI=1S/C15H18N2O4S/c1-9-3-4-10-11(6-16)15(22-12(10)5-9)17-13(18)7-21-14(19)8-20-2/h9H,3-5,7-8H2,1-2H3,(H,17,18)/t9-/m0/s1. The Kier molecular flexibility index (Phi) is 5.52. The number of carbonyl (C=O) groups is 2. The first-order chi connectivity index (χ1) is 10.5. The lowest BCUT2D eigenvalue weighted by Gasteiger charge is -2.17. The van der Waals surface area contributed by atoms with Gasteiger partial charge in [-0.05, 0) is 30.7 Å². The third-order valence-corrected chi connectivity index (χ3v) is 4.67. The van der Waals surface area contributed by atoms with E-state index in [9.17, 15) is 14.9 Å². The number of carbonyl (C=O) groups excluding carboxylic acids is 2. The summed E-state index contributed by atoms with van der Waals surface area (Å²) in [6.45, 7) is 1.61. The summed E-state index contributed by atoms with van der Waals surface area (Å²) in [5.41, 5.74) is 1.60. The molecular formula is C15H18N2O4S. The molecule has 7 heteroatoms. The van der Waals surface area contributed by atoms with Crippen LogP contribution >= 0.6 is 11.3 Å². The number of esters is 1. The Balaban J connectivity index is 2.02. The number of nitriles is 1. The van der Waals surface area contributed by atoms with E-state index in [1.54, 1.807) is 0 Å². The zero-order chi connectivity index (χ0) is 16.1. The Labute approximate surface area is 133 Å². The highest BCUT2D eigenvalue weighted by atomic mass is 32.1. The first-order valence-corrected chi connectivity index (χ1v) is 7.85. The predicted molar refractivity (Wildman–Crippen MR) is 81.7 cm³/mol. The van der Waals surface area contributed by atoms with Crippen LogP contribution < -0.4 is 5.32 Å². The molecule has 1 aromatic heterocycles. The van der Waals surface area contributed by atoms with Crippen molar-refractivity contribution in [2.75, 3.05) is 25.6 Å². The Morgan fingerprint density at radius 2 is 2.23 bits per heavy atom. The molecule has 0 bridgehead atoms. The summed E-state index contributed by atoms with van der Waals surface area (Å²) in [5.74, 6) is -0.457. The molecule has 0 saturated carbocycles. The van der Waals surface area contributed by atoms with Crippen LogP contribution in [0.4, 0.5) is 5.00 Å². The average Bonchev–Trinajstić information content (AvgIpc) is 2.81. The highest BCUT2D eigenvalue weighted by Crippen LogP contribution is 2.39. The smallest absolute Gasteiger partial charge is 0.332 e. The lowest BCUT2D eigenvalue weighted by Crippen LogP contribution is -2.22. The topological polar surface area (TPSA) is 88.4 Å². The highest BCUT2D eigenvalue weighted by Gasteiger charge is 2.24. The second-order valence-corrected chi connectivity index (χ2v) is 6.41. The van der Waals surface area contributed by atoms with Gasteiger partial charge in [-0.2, -0.15) is 5.26 Å². The molecule has 1 aromatic rings. The molecule has 1 heterocycles. The largest absolute Gasteiger partial charge is 0.454 e. The summed E-state index contributed by atoms with van der Waals surface area (Å²) in [6, 6.07) is 2.18. The van der Waals surface area contributed by atoms with E-state index >= 15 is 0 Å². The van der Waals surface area contributed by atoms with Crippen molar-refractivity contribution in [2.24, 2.45) is 5.92 Å². The Morgan fingerprint density at radius 1 is 1.45 bits per heavy atom. The van der Waals surface area contributed by atoms with E-state index in [2.05, 4.69) is 23.0 Å². The van der Waals surface area contributed by atoms with Crippen molar-refractivity contribution in [1.82, 2.24) is 0 Å². The maximum absolute atomic E-state index is 11.8. The zero-order valence-corrected chi connectivity index (χ0v) is 13.4. The normalized spacial score (nSPS) is 16.5. The van der Waals surface area contributed by atoms with Crippen LogP contribution in [0.2, 0.25) is 0 Å². The Hall–Kier alpha value is -1.91. The zero-order valence-electron chi connectivity index (χ0n) is 12.6. The lowest BCUT2D eigenvalue weighted by atomic mass is 9.89. The SMILES string of the molecule is COCC(=O)OCC(=O)Nc1sc2c(c1C#N)CC[C@H](C)C2. The summed E-state index contributed by atoms with van der Waals surface area (Å²) >= 11 is 1.44. The third kappa shape index (κ3) is 3.84. The van der Waals surface area contributed by atoms with Gasteiger partial charge in [0.2, 0.25) is 0 Å². The van der Waals surface area contributed by atoms with Gasteiger partial charge in [0.05, 0.1) is 5.56 Å². The van der Waals surface area contributed by atoms with Crippen molar-refractivity contribution in [1.29, 1.82) is 5.26 Å². The predicted octanol–water partition coefficient (Wildman–Crippen LogP) is 1.87. The van der Waals surface area contributed by atoms with Crippen molar-refractivity contribution < 1.29 is 19.1 Å². The summed E-state index contributed by atoms with van der Waals surface area (Å²) in [4.78, 5) is 24.1. The van der Waals surface area contributed by atoms with Crippen LogP contribution in [0.1, 0.15) is 29.3 Å². The van der Waals surface area contributed by atoms with Crippen molar-refractivity contribution in [3.05, 3.63) is 16.0 Å². The minimum absolute atomic E-state index is 0.193. The van der Waals surface area contributed by atoms with Gasteiger partial charge in [-0.15, -0.1) is 11.3 Å². The molecule has 0 aliphatic heterocycles. The second kappa shape index (κ2) is 7.38. The van der Waals surface area contributed by atoms with Crippen LogP contribution in [0.3, 0.4) is 0 Å². The molecule has 6 nitrogen and oxygen atoms in total. The van der Waals surface area contributed by atoms with Gasteiger partial charge < -0.3 is 14.8 Å². The number of hydrogen-bond acceptors (Lipinski definition) is 6. The first kappa shape index (κ1) is 16.5. The number of amides is 1. The van der Waals surface area contributed by atoms with Crippen molar-refractivity contribution in [3.63, 3.8) is 0 Å². The number of rotatable bonds is 5. The van der Waals surface area contributed by atoms with Crippen molar-refractivity contribution >= 4 is 28.2 Å². The molecule has 1 N–H and O–H groups in total. The van der Waals surface area contributed by atoms with Gasteiger partial charge in [-0.3, -0.25) is 4.79 Å². The lowest BCUT2D eigenvalue weighted by molar-refractivity contribution is -0.150. The fourth-order valence-corrected chi connectivity index (χ4v) is 3.80. The highest BCUT2D eigenvalue weighted by molar-refractivity contribution is 7.16. The summed E-state index contributed by atoms with van der Waals surface area (Å²) in [5, 5.41) is 12.6. The van der Waals surface area contributed by atoms with Gasteiger partial charge in [-0.1, -0.05) is 6.92 Å². The molecule has 1 amide bonds. The molecular weight excluding hydrogens is 304 g/mol. The van der Waals surface area contributed by atoms with E-state index in [-0.39, 0.29) is 13.2 Å². The molecule has 1 aliphatic carbocycles. The number of nitrogens with zero attached hydrogens (tertiary/aromatic N) is 1. The number of ether oxygens (including phenoxy) is 2. The maximum Gasteiger partial charge on any atom is 0.332 e. The Morgan fingerprint density at radius 3 is 2.91 bits per heavy atom. The van der Waals surface area contributed by atoms with Gasteiger partial charge in [0.15, 0.2) is 6.61 Å². The molecule has 0 spiro atoms. The molecule has 0 unspecified atom stereocenters. The molecule has 118 valence electrons. The van der Waals surface area contributed by atoms with Crippen LogP contribution in [0, 0.1) is 17.2 Å². The van der Waals surface area contributed by atoms with E-state index in [4.69, 9.17) is 4.74 Å². The van der Waals surface area contributed by atoms with E-state index in [0.29, 0.717) is 16.5 Å². The molecule has 0 saturated heterocycles. The van der Waals surface area contributed by atoms with Gasteiger partial charge >= 0.3 is 5.97 Å². The number of thiophene rings is 1. The molecule has 0 aromatic carbocycles. The van der Waals surface area contributed by atoms with Gasteiger partial charge in [0, 0.05) is 12.0 Å². The number of hydrogen-bond donors (Lipinski definition) is 1. The number of nitrogens with one attached hydrogen (secondary N) is 1. The molecule has 1 atom stereocenters. The minimum atomic E-state index is -0.600. The Bertz CT molecular complexity index is 618. The maximum atomic E-state index is 11.8. The van der Waals surface area contributed by atoms with Crippen LogP contribution in [0.25, 0.3) is 0 Å². The fourth-order valence-electron chi connectivity index (χ4n) is 2.43. The second-order valence-electron chi connectivity index (χ2n) is 5.31. The molecule has 0 radical (unpaired) electrons. The van der Waals surface area contributed by atoms with E-state index in [0.717, 1.165) is 24.8 Å². The van der Waals surface area contributed by atoms with E-state index in [1.807, 2.05) is 0 Å². The molecule has 2 rings (SSSR count). The van der Waals surface area contributed by atoms with E-state index < -0.39 is 11.9 Å². The fraction of sp³-hybridized carbons (Fsp3) is 0.533. The number of fused-ring (bicyclic) bond motifs is 1. The summed E-state index contributed by atoms with van der Waals surface area (Å²) < 4.78 is 9.36.